The van der Waals surface area contributed by atoms with Crippen LogP contribution in [0.25, 0.3) is 0 Å². The van der Waals surface area contributed by atoms with Gasteiger partial charge in [-0.1, -0.05) is 6.07 Å². The molecule has 0 amide bonds. The van der Waals surface area contributed by atoms with Gasteiger partial charge in [-0.15, -0.1) is 0 Å². The number of phenolic OH excluding ortho intramolecular Hbond substituents is 2. The van der Waals surface area contributed by atoms with Crippen LogP contribution in [0.4, 0.5) is 5.69 Å². The summed E-state index contributed by atoms with van der Waals surface area (Å²) in [6.45, 7) is 5.98. The van der Waals surface area contributed by atoms with Gasteiger partial charge in [0.2, 0.25) is 0 Å². The average Bonchev–Trinajstić information content (AvgIpc) is 2.77. The number of benzene rings is 1. The molecule has 5 heteroatoms. The number of hydrogen-bond acceptors (Lipinski definition) is 4. The van der Waals surface area contributed by atoms with Gasteiger partial charge in [0.25, 0.3) is 0 Å². The highest BCUT2D eigenvalue weighted by Gasteiger charge is 2.15. The molecule has 0 aliphatic rings. The van der Waals surface area contributed by atoms with Crippen molar-refractivity contribution in [1.82, 2.24) is 9.78 Å². The van der Waals surface area contributed by atoms with Crippen molar-refractivity contribution in [3.63, 3.8) is 0 Å². The Bertz CT molecular complexity index is 543. The molecule has 1 aromatic carbocycles. The highest BCUT2D eigenvalue weighted by molar-refractivity contribution is 5.50. The molecule has 0 spiro atoms. The molecule has 0 aliphatic carbocycles. The smallest absolute Gasteiger partial charge is 0.124 e. The second-order valence-electron chi connectivity index (χ2n) is 4.88. The molecule has 2 rings (SSSR count). The molecule has 0 bridgehead atoms. The molecular weight excluding hydrogens is 242 g/mol. The van der Waals surface area contributed by atoms with E-state index >= 15 is 0 Å². The summed E-state index contributed by atoms with van der Waals surface area (Å²) in [6, 6.07) is 4.81. The van der Waals surface area contributed by atoms with E-state index in [0.717, 1.165) is 5.69 Å². The first-order chi connectivity index (χ1) is 8.99. The van der Waals surface area contributed by atoms with E-state index in [9.17, 15) is 10.2 Å². The highest BCUT2D eigenvalue weighted by atomic mass is 16.3. The lowest BCUT2D eigenvalue weighted by Crippen LogP contribution is -2.07. The van der Waals surface area contributed by atoms with Gasteiger partial charge < -0.3 is 15.5 Å². The molecule has 0 aliphatic heterocycles. The third-order valence-corrected chi connectivity index (χ3v) is 3.01. The molecule has 3 N–H and O–H groups in total. The molecule has 5 nitrogen and oxygen atoms in total. The fourth-order valence-electron chi connectivity index (χ4n) is 2.00. The highest BCUT2D eigenvalue weighted by Crippen LogP contribution is 2.34. The number of anilines is 1. The van der Waals surface area contributed by atoms with E-state index in [1.54, 1.807) is 24.4 Å². The third kappa shape index (κ3) is 2.81. The molecule has 1 atom stereocenters. The minimum Gasteiger partial charge on any atom is -0.507 e. The van der Waals surface area contributed by atoms with Crippen LogP contribution in [-0.4, -0.2) is 20.0 Å². The van der Waals surface area contributed by atoms with Crippen LogP contribution in [0.5, 0.6) is 11.5 Å². The van der Waals surface area contributed by atoms with Gasteiger partial charge in [-0.25, -0.2) is 0 Å². The maximum Gasteiger partial charge on any atom is 0.124 e. The Morgan fingerprint density at radius 3 is 2.32 bits per heavy atom. The molecule has 1 heterocycles. The Morgan fingerprint density at radius 2 is 1.79 bits per heavy atom. The number of nitrogens with one attached hydrogen (secondary N) is 1. The van der Waals surface area contributed by atoms with Crippen LogP contribution in [0.2, 0.25) is 0 Å². The van der Waals surface area contributed by atoms with Crippen molar-refractivity contribution in [2.45, 2.75) is 32.9 Å². The van der Waals surface area contributed by atoms with Crippen LogP contribution in [0, 0.1) is 0 Å². The summed E-state index contributed by atoms with van der Waals surface area (Å²) < 4.78 is 1.85. The Kier molecular flexibility index (Phi) is 3.64. The topological polar surface area (TPSA) is 70.3 Å². The number of aromatic nitrogens is 2. The minimum absolute atomic E-state index is 0.0799. The Balaban J connectivity index is 2.18. The van der Waals surface area contributed by atoms with E-state index in [-0.39, 0.29) is 17.5 Å². The van der Waals surface area contributed by atoms with Crippen molar-refractivity contribution >= 4 is 5.69 Å². The summed E-state index contributed by atoms with van der Waals surface area (Å²) in [5.41, 5.74) is 1.34. The van der Waals surface area contributed by atoms with Crippen LogP contribution in [0.1, 0.15) is 38.4 Å². The minimum atomic E-state index is -0.217. The van der Waals surface area contributed by atoms with E-state index in [1.807, 2.05) is 17.8 Å². The van der Waals surface area contributed by atoms with Crippen LogP contribution in [0.15, 0.2) is 30.6 Å². The van der Waals surface area contributed by atoms with Gasteiger partial charge in [-0.2, -0.15) is 5.10 Å². The first kappa shape index (κ1) is 13.3. The van der Waals surface area contributed by atoms with Crippen molar-refractivity contribution in [3.8, 4) is 11.5 Å². The zero-order valence-corrected chi connectivity index (χ0v) is 11.3. The van der Waals surface area contributed by atoms with Crippen molar-refractivity contribution in [3.05, 3.63) is 36.2 Å². The summed E-state index contributed by atoms with van der Waals surface area (Å²) in [7, 11) is 0. The molecule has 19 heavy (non-hydrogen) atoms. The molecule has 2 aromatic rings. The van der Waals surface area contributed by atoms with Crippen LogP contribution in [0.3, 0.4) is 0 Å². The number of rotatable bonds is 4. The van der Waals surface area contributed by atoms with Gasteiger partial charge in [-0.05, 0) is 32.9 Å². The first-order valence-corrected chi connectivity index (χ1v) is 6.30. The van der Waals surface area contributed by atoms with Gasteiger partial charge in [0, 0.05) is 12.2 Å². The second-order valence-corrected chi connectivity index (χ2v) is 4.88. The monoisotopic (exact) mass is 261 g/mol. The fraction of sp³-hybridized carbons (Fsp3) is 0.357. The van der Waals surface area contributed by atoms with Crippen molar-refractivity contribution < 1.29 is 10.2 Å². The zero-order valence-electron chi connectivity index (χ0n) is 11.3. The van der Waals surface area contributed by atoms with Gasteiger partial charge in [0.15, 0.2) is 0 Å². The second kappa shape index (κ2) is 5.22. The molecule has 0 saturated carbocycles. The number of nitrogens with zero attached hydrogens (tertiary/aromatic N) is 2. The number of aromatic hydroxyl groups is 2. The van der Waals surface area contributed by atoms with E-state index in [2.05, 4.69) is 24.3 Å². The summed E-state index contributed by atoms with van der Waals surface area (Å²) in [5, 5.41) is 27.1. The zero-order chi connectivity index (χ0) is 14.0. The Morgan fingerprint density at radius 1 is 1.16 bits per heavy atom. The molecule has 102 valence electrons. The molecule has 1 aromatic heterocycles. The lowest BCUT2D eigenvalue weighted by Gasteiger charge is -2.16. The number of phenols is 2. The van der Waals surface area contributed by atoms with E-state index < -0.39 is 0 Å². The summed E-state index contributed by atoms with van der Waals surface area (Å²) in [4.78, 5) is 0. The molecule has 0 radical (unpaired) electrons. The van der Waals surface area contributed by atoms with E-state index in [4.69, 9.17) is 0 Å². The Labute approximate surface area is 112 Å². The normalized spacial score (nSPS) is 12.6. The SMILES string of the molecule is CC(Nc1cnn(C(C)C)c1)c1c(O)cccc1O. The quantitative estimate of drug-likeness (QED) is 0.791. The van der Waals surface area contributed by atoms with Crippen molar-refractivity contribution in [2.24, 2.45) is 0 Å². The number of hydrogen-bond donors (Lipinski definition) is 3. The predicted octanol–water partition coefficient (Wildman–Crippen LogP) is 3.05. The maximum absolute atomic E-state index is 9.81. The predicted molar refractivity (Wildman–Crippen MR) is 74.4 cm³/mol. The molecule has 0 saturated heterocycles. The summed E-state index contributed by atoms with van der Waals surface area (Å²) in [5.74, 6) is 0.160. The maximum atomic E-state index is 9.81. The largest absolute Gasteiger partial charge is 0.507 e. The first-order valence-electron chi connectivity index (χ1n) is 6.30. The van der Waals surface area contributed by atoms with Crippen LogP contribution in [-0.2, 0) is 0 Å². The van der Waals surface area contributed by atoms with Crippen LogP contribution < -0.4 is 5.32 Å². The average molecular weight is 261 g/mol. The van der Waals surface area contributed by atoms with Crippen LogP contribution >= 0.6 is 0 Å². The lowest BCUT2D eigenvalue weighted by molar-refractivity contribution is 0.434. The molecular formula is C14H19N3O2. The van der Waals surface area contributed by atoms with E-state index in [0.29, 0.717) is 11.6 Å². The van der Waals surface area contributed by atoms with Gasteiger partial charge in [0.05, 0.1) is 23.5 Å². The van der Waals surface area contributed by atoms with Gasteiger partial charge >= 0.3 is 0 Å². The molecule has 1 unspecified atom stereocenters. The molecule has 0 fully saturated rings. The van der Waals surface area contributed by atoms with Gasteiger partial charge in [0.1, 0.15) is 11.5 Å². The summed E-state index contributed by atoms with van der Waals surface area (Å²) >= 11 is 0. The van der Waals surface area contributed by atoms with Gasteiger partial charge in [-0.3, -0.25) is 4.68 Å². The standard InChI is InChI=1S/C14H19N3O2/c1-9(2)17-8-11(7-15-17)16-10(3)14-12(18)5-4-6-13(14)19/h4-10,16,18-19H,1-3H3. The fourth-order valence-corrected chi connectivity index (χ4v) is 2.00. The Hall–Kier alpha value is -2.17. The third-order valence-electron chi connectivity index (χ3n) is 3.01. The van der Waals surface area contributed by atoms with E-state index in [1.165, 1.54) is 0 Å². The summed E-state index contributed by atoms with van der Waals surface area (Å²) in [6.07, 6.45) is 3.63. The lowest BCUT2D eigenvalue weighted by atomic mass is 10.1. The van der Waals surface area contributed by atoms with Crippen molar-refractivity contribution in [2.75, 3.05) is 5.32 Å². The van der Waals surface area contributed by atoms with Crippen molar-refractivity contribution in [1.29, 1.82) is 0 Å².